The van der Waals surface area contributed by atoms with Crippen molar-refractivity contribution in [3.8, 4) is 11.5 Å². The first-order valence-corrected chi connectivity index (χ1v) is 13.1. The number of carboxylic acid groups (broad SMARTS) is 1. The van der Waals surface area contributed by atoms with E-state index in [1.165, 1.54) is 6.07 Å². The number of carbonyl (C=O) groups is 2. The lowest BCUT2D eigenvalue weighted by atomic mass is 9.85. The van der Waals surface area contributed by atoms with Crippen LogP contribution in [0.15, 0.2) is 30.3 Å². The smallest absolute Gasteiger partial charge is 0.335 e. The van der Waals surface area contributed by atoms with E-state index in [1.807, 2.05) is 26.8 Å². The van der Waals surface area contributed by atoms with Crippen LogP contribution >= 0.6 is 11.6 Å². The van der Waals surface area contributed by atoms with Gasteiger partial charge in [-0.1, -0.05) is 58.2 Å². The number of carbonyl (C=O) groups excluding carboxylic acids is 1. The number of ether oxygens (including phenoxy) is 3. The molecule has 0 bridgehead atoms. The normalized spacial score (nSPS) is 12.2. The number of rotatable bonds is 14. The molecule has 0 aliphatic carbocycles. The highest BCUT2D eigenvalue weighted by molar-refractivity contribution is 6.32. The molecule has 0 aliphatic heterocycles. The highest BCUT2D eigenvalue weighted by Crippen LogP contribution is 2.40. The van der Waals surface area contributed by atoms with Crippen molar-refractivity contribution in [1.29, 1.82) is 0 Å². The van der Waals surface area contributed by atoms with Gasteiger partial charge in [0, 0.05) is 38.3 Å². The first-order valence-electron chi connectivity index (χ1n) is 12.7. The molecule has 37 heavy (non-hydrogen) atoms. The second-order valence-electron chi connectivity index (χ2n) is 10.1. The number of aromatic carboxylic acids is 1. The van der Waals surface area contributed by atoms with E-state index in [0.717, 1.165) is 36.8 Å². The Balaban J connectivity index is 2.33. The van der Waals surface area contributed by atoms with Crippen LogP contribution in [0, 0.1) is 0 Å². The zero-order valence-corrected chi connectivity index (χ0v) is 23.5. The molecule has 204 valence electrons. The summed E-state index contributed by atoms with van der Waals surface area (Å²) in [7, 11) is 3.23. The zero-order chi connectivity index (χ0) is 27.6. The molecule has 2 aromatic carbocycles. The van der Waals surface area contributed by atoms with Gasteiger partial charge >= 0.3 is 5.97 Å². The van der Waals surface area contributed by atoms with E-state index in [1.54, 1.807) is 32.4 Å². The molecule has 8 heteroatoms. The molecule has 0 saturated heterocycles. The third kappa shape index (κ3) is 8.93. The average molecular weight is 534 g/mol. The first-order chi connectivity index (χ1) is 17.5. The van der Waals surface area contributed by atoms with E-state index in [9.17, 15) is 14.7 Å². The van der Waals surface area contributed by atoms with Gasteiger partial charge in [-0.25, -0.2) is 4.79 Å². The van der Waals surface area contributed by atoms with Crippen molar-refractivity contribution in [3.05, 3.63) is 52.0 Å². The second-order valence-corrected chi connectivity index (χ2v) is 10.5. The van der Waals surface area contributed by atoms with E-state index in [2.05, 4.69) is 12.2 Å². The topological polar surface area (TPSA) is 94.1 Å². The first kappa shape index (κ1) is 30.5. The molecule has 2 aromatic rings. The average Bonchev–Trinajstić information content (AvgIpc) is 2.84. The lowest BCUT2D eigenvalue weighted by molar-refractivity contribution is -0.116. The summed E-state index contributed by atoms with van der Waals surface area (Å²) >= 11 is 6.57. The van der Waals surface area contributed by atoms with Crippen molar-refractivity contribution < 1.29 is 28.9 Å². The standard InChI is InChI=1S/C29H40ClNO6/c1-7-8-10-19(21-17-23(30)26(18-25(21)36-6)37-14-9-13-35-5)16-27(32)31-24-15-20(28(33)34)11-12-22(24)29(2,3)4/h11-12,15,17-19H,7-10,13-14,16H2,1-6H3,(H,31,32)(H,33,34). The molecule has 7 nitrogen and oxygen atoms in total. The van der Waals surface area contributed by atoms with Gasteiger partial charge in [0.15, 0.2) is 0 Å². The SMILES string of the molecule is CCCCC(CC(=O)Nc1cc(C(=O)O)ccc1C(C)(C)C)c1cc(Cl)c(OCCCOC)cc1OC. The van der Waals surface area contributed by atoms with Crippen LogP contribution < -0.4 is 14.8 Å². The molecule has 1 unspecified atom stereocenters. The zero-order valence-electron chi connectivity index (χ0n) is 22.8. The van der Waals surface area contributed by atoms with Crippen molar-refractivity contribution in [3.63, 3.8) is 0 Å². The van der Waals surface area contributed by atoms with Crippen molar-refractivity contribution >= 4 is 29.2 Å². The lowest BCUT2D eigenvalue weighted by Crippen LogP contribution is -2.21. The van der Waals surface area contributed by atoms with Crippen molar-refractivity contribution in [2.24, 2.45) is 0 Å². The van der Waals surface area contributed by atoms with E-state index < -0.39 is 5.97 Å². The van der Waals surface area contributed by atoms with E-state index in [-0.39, 0.29) is 29.2 Å². The Morgan fingerprint density at radius 3 is 2.38 bits per heavy atom. The van der Waals surface area contributed by atoms with Crippen LogP contribution in [0.1, 0.15) is 87.2 Å². The second kappa shape index (κ2) is 14.2. The van der Waals surface area contributed by atoms with Crippen LogP contribution in [0.2, 0.25) is 5.02 Å². The minimum absolute atomic E-state index is 0.125. The molecule has 0 fully saturated rings. The fraction of sp³-hybridized carbons (Fsp3) is 0.517. The van der Waals surface area contributed by atoms with Crippen molar-refractivity contribution in [2.45, 2.75) is 71.1 Å². The molecular formula is C29H40ClNO6. The number of methoxy groups -OCH3 is 2. The summed E-state index contributed by atoms with van der Waals surface area (Å²) < 4.78 is 16.6. The maximum atomic E-state index is 13.3. The highest BCUT2D eigenvalue weighted by Gasteiger charge is 2.24. The van der Waals surface area contributed by atoms with E-state index >= 15 is 0 Å². The van der Waals surface area contributed by atoms with Gasteiger partial charge in [0.2, 0.25) is 5.91 Å². The molecule has 2 N–H and O–H groups in total. The summed E-state index contributed by atoms with van der Waals surface area (Å²) in [5.41, 5.74) is 2.07. The number of benzene rings is 2. The molecule has 2 rings (SSSR count). The van der Waals surface area contributed by atoms with Gasteiger partial charge in [0.05, 0.1) is 24.3 Å². The Kier molecular flexibility index (Phi) is 11.7. The van der Waals surface area contributed by atoms with Crippen molar-refractivity contribution in [1.82, 2.24) is 0 Å². The Labute approximate surface area is 225 Å². The number of amides is 1. The molecule has 0 aliphatic rings. The molecule has 0 spiro atoms. The van der Waals surface area contributed by atoms with Gasteiger partial charge in [-0.05, 0) is 47.1 Å². The van der Waals surface area contributed by atoms with Crippen molar-refractivity contribution in [2.75, 3.05) is 32.8 Å². The van der Waals surface area contributed by atoms with Crippen LogP contribution in [0.4, 0.5) is 5.69 Å². The molecule has 0 saturated carbocycles. The number of halogens is 1. The third-order valence-corrected chi connectivity index (χ3v) is 6.46. The number of carboxylic acids is 1. The molecule has 0 heterocycles. The molecule has 0 aromatic heterocycles. The predicted octanol–water partition coefficient (Wildman–Crippen LogP) is 7.06. The molecular weight excluding hydrogens is 494 g/mol. The van der Waals surface area contributed by atoms with Gasteiger partial charge in [-0.2, -0.15) is 0 Å². The van der Waals surface area contributed by atoms with E-state index in [4.69, 9.17) is 25.8 Å². The van der Waals surface area contributed by atoms with Crippen LogP contribution in [-0.4, -0.2) is 44.4 Å². The number of hydrogen-bond donors (Lipinski definition) is 2. The fourth-order valence-corrected chi connectivity index (χ4v) is 4.45. The maximum absolute atomic E-state index is 13.3. The summed E-state index contributed by atoms with van der Waals surface area (Å²) in [6, 6.07) is 8.45. The largest absolute Gasteiger partial charge is 0.496 e. The minimum atomic E-state index is -1.04. The quantitative estimate of drug-likeness (QED) is 0.252. The van der Waals surface area contributed by atoms with E-state index in [0.29, 0.717) is 35.4 Å². The fourth-order valence-electron chi connectivity index (χ4n) is 4.22. The summed E-state index contributed by atoms with van der Waals surface area (Å²) in [5, 5.41) is 12.9. The van der Waals surface area contributed by atoms with Crippen LogP contribution in [0.3, 0.4) is 0 Å². The monoisotopic (exact) mass is 533 g/mol. The Morgan fingerprint density at radius 2 is 1.78 bits per heavy atom. The Hall–Kier alpha value is -2.77. The van der Waals surface area contributed by atoms with Crippen LogP contribution in [0.25, 0.3) is 0 Å². The van der Waals surface area contributed by atoms with Gasteiger partial charge in [-0.3, -0.25) is 4.79 Å². The number of anilines is 1. The van der Waals surface area contributed by atoms with Gasteiger partial charge in [0.1, 0.15) is 11.5 Å². The molecule has 0 radical (unpaired) electrons. The minimum Gasteiger partial charge on any atom is -0.496 e. The summed E-state index contributed by atoms with van der Waals surface area (Å²) in [6.45, 7) is 9.22. The van der Waals surface area contributed by atoms with Gasteiger partial charge in [0.25, 0.3) is 0 Å². The predicted molar refractivity (Wildman–Crippen MR) is 148 cm³/mol. The summed E-state index contributed by atoms with van der Waals surface area (Å²) in [5.74, 6) is -0.246. The summed E-state index contributed by atoms with van der Waals surface area (Å²) in [4.78, 5) is 24.9. The summed E-state index contributed by atoms with van der Waals surface area (Å²) in [6.07, 6.45) is 3.60. The number of unbranched alkanes of at least 4 members (excludes halogenated alkanes) is 1. The third-order valence-electron chi connectivity index (χ3n) is 6.16. The maximum Gasteiger partial charge on any atom is 0.335 e. The number of nitrogens with one attached hydrogen (secondary N) is 1. The number of hydrogen-bond acceptors (Lipinski definition) is 5. The highest BCUT2D eigenvalue weighted by atomic mass is 35.5. The van der Waals surface area contributed by atoms with Gasteiger partial charge in [-0.15, -0.1) is 0 Å². The van der Waals surface area contributed by atoms with Gasteiger partial charge < -0.3 is 24.6 Å². The van der Waals surface area contributed by atoms with Crippen LogP contribution in [0.5, 0.6) is 11.5 Å². The molecule has 1 amide bonds. The Bertz CT molecular complexity index is 1060. The molecule has 1 atom stereocenters. The lowest BCUT2D eigenvalue weighted by Gasteiger charge is -2.25. The Morgan fingerprint density at radius 1 is 1.05 bits per heavy atom. The van der Waals surface area contributed by atoms with Crippen LogP contribution in [-0.2, 0) is 14.9 Å².